The quantitative estimate of drug-likeness (QED) is 0.701. The second-order valence-corrected chi connectivity index (χ2v) is 9.18. The van der Waals surface area contributed by atoms with Crippen molar-refractivity contribution in [2.45, 2.75) is 37.6 Å². The molecular formula is C19H22FN3O3S. The molecule has 0 aliphatic carbocycles. The van der Waals surface area contributed by atoms with Crippen LogP contribution in [-0.4, -0.2) is 24.5 Å². The molecule has 1 aromatic heterocycles. The molecular weight excluding hydrogens is 369 g/mol. The smallest absolute Gasteiger partial charge is 0.305 e. The molecule has 0 saturated heterocycles. The summed E-state index contributed by atoms with van der Waals surface area (Å²) in [7, 11) is -3.68. The Morgan fingerprint density at radius 1 is 1.11 bits per heavy atom. The highest BCUT2D eigenvalue weighted by molar-refractivity contribution is 7.89. The van der Waals surface area contributed by atoms with Gasteiger partial charge in [-0.3, -0.25) is 4.57 Å². The van der Waals surface area contributed by atoms with E-state index in [0.717, 1.165) is 5.56 Å². The van der Waals surface area contributed by atoms with Crippen LogP contribution >= 0.6 is 0 Å². The number of fused-ring (bicyclic) bond motifs is 1. The number of hydrogen-bond donors (Lipinski definition) is 2. The summed E-state index contributed by atoms with van der Waals surface area (Å²) in [5, 5.41) is 0. The van der Waals surface area contributed by atoms with Crippen LogP contribution in [0.5, 0.6) is 0 Å². The summed E-state index contributed by atoms with van der Waals surface area (Å²) in [6.07, 6.45) is 0. The number of halogens is 1. The lowest BCUT2D eigenvalue weighted by Gasteiger charge is -2.19. The van der Waals surface area contributed by atoms with Gasteiger partial charge in [-0.2, -0.15) is 0 Å². The number of aromatic nitrogens is 2. The molecule has 3 rings (SSSR count). The lowest BCUT2D eigenvalue weighted by atomic mass is 9.87. The van der Waals surface area contributed by atoms with E-state index in [2.05, 4.69) is 30.5 Å². The molecule has 0 unspecified atom stereocenters. The standard InChI is InChI=1S/C19H22FN3O3S/c1-19(2,3)13-4-7-15(8-5-13)27(25,26)21-10-11-23-17-9-6-14(20)12-16(17)22-18(23)24/h4-9,12,21H,10-11H2,1-3H3,(H,22,24). The Labute approximate surface area is 157 Å². The van der Waals surface area contributed by atoms with Crippen LogP contribution in [0.3, 0.4) is 0 Å². The highest BCUT2D eigenvalue weighted by atomic mass is 32.2. The molecule has 2 aromatic carbocycles. The summed E-state index contributed by atoms with van der Waals surface area (Å²) in [6, 6.07) is 10.7. The second-order valence-electron chi connectivity index (χ2n) is 7.42. The Balaban J connectivity index is 1.73. The number of benzene rings is 2. The zero-order valence-corrected chi connectivity index (χ0v) is 16.2. The first-order valence-corrected chi connectivity index (χ1v) is 10.0. The minimum absolute atomic E-state index is 0.0353. The molecule has 0 amide bonds. The maximum Gasteiger partial charge on any atom is 0.326 e. The molecule has 0 aliphatic rings. The van der Waals surface area contributed by atoms with E-state index >= 15 is 0 Å². The van der Waals surface area contributed by atoms with Crippen molar-refractivity contribution in [2.24, 2.45) is 0 Å². The number of aromatic amines is 1. The van der Waals surface area contributed by atoms with Crippen molar-refractivity contribution in [1.82, 2.24) is 14.3 Å². The van der Waals surface area contributed by atoms with Crippen LogP contribution in [0.15, 0.2) is 52.2 Å². The van der Waals surface area contributed by atoms with Gasteiger partial charge in [0, 0.05) is 13.1 Å². The summed E-state index contributed by atoms with van der Waals surface area (Å²) in [4.78, 5) is 14.7. The van der Waals surface area contributed by atoms with Crippen LogP contribution in [-0.2, 0) is 22.0 Å². The van der Waals surface area contributed by atoms with Gasteiger partial charge in [-0.1, -0.05) is 32.9 Å². The Morgan fingerprint density at radius 2 is 1.78 bits per heavy atom. The molecule has 0 bridgehead atoms. The Morgan fingerprint density at radius 3 is 2.41 bits per heavy atom. The Hall–Kier alpha value is -2.45. The van der Waals surface area contributed by atoms with Crippen molar-refractivity contribution >= 4 is 21.1 Å². The van der Waals surface area contributed by atoms with Crippen LogP contribution in [0.1, 0.15) is 26.3 Å². The highest BCUT2D eigenvalue weighted by Crippen LogP contribution is 2.23. The molecule has 8 heteroatoms. The van der Waals surface area contributed by atoms with Crippen molar-refractivity contribution in [3.63, 3.8) is 0 Å². The zero-order valence-electron chi connectivity index (χ0n) is 15.4. The summed E-state index contributed by atoms with van der Waals surface area (Å²) in [5.41, 5.74) is 1.46. The molecule has 3 aromatic rings. The first kappa shape index (κ1) is 19.3. The number of nitrogens with zero attached hydrogens (tertiary/aromatic N) is 1. The molecule has 0 radical (unpaired) electrons. The zero-order chi connectivity index (χ0) is 19.8. The van der Waals surface area contributed by atoms with Gasteiger partial charge in [-0.05, 0) is 41.3 Å². The predicted octanol–water partition coefficient (Wildman–Crippen LogP) is 2.74. The van der Waals surface area contributed by atoms with Crippen LogP contribution in [0.2, 0.25) is 0 Å². The van der Waals surface area contributed by atoms with E-state index in [1.54, 1.807) is 24.3 Å². The van der Waals surface area contributed by atoms with Crippen LogP contribution < -0.4 is 10.4 Å². The van der Waals surface area contributed by atoms with E-state index in [-0.39, 0.29) is 23.4 Å². The fourth-order valence-electron chi connectivity index (χ4n) is 2.87. The van der Waals surface area contributed by atoms with Gasteiger partial charge in [0.05, 0.1) is 15.9 Å². The number of H-pyrrole nitrogens is 1. The van der Waals surface area contributed by atoms with Crippen molar-refractivity contribution in [1.29, 1.82) is 0 Å². The summed E-state index contributed by atoms with van der Waals surface area (Å²) < 4.78 is 42.0. The lowest BCUT2D eigenvalue weighted by molar-refractivity contribution is 0.571. The van der Waals surface area contributed by atoms with E-state index in [1.807, 2.05) is 0 Å². The maximum atomic E-state index is 13.3. The van der Waals surface area contributed by atoms with Gasteiger partial charge in [-0.15, -0.1) is 0 Å². The fourth-order valence-corrected chi connectivity index (χ4v) is 3.89. The molecule has 144 valence electrons. The molecule has 0 aliphatic heterocycles. The van der Waals surface area contributed by atoms with E-state index in [9.17, 15) is 17.6 Å². The maximum absolute atomic E-state index is 13.3. The summed E-state index contributed by atoms with van der Waals surface area (Å²) in [5.74, 6) is -0.449. The van der Waals surface area contributed by atoms with Gasteiger partial charge >= 0.3 is 5.69 Å². The third kappa shape index (κ3) is 4.12. The molecule has 1 heterocycles. The van der Waals surface area contributed by atoms with Gasteiger partial charge in [-0.25, -0.2) is 22.3 Å². The Kier molecular flexibility index (Phi) is 4.96. The average Bonchev–Trinajstić information content (AvgIpc) is 2.89. The number of rotatable bonds is 5. The minimum atomic E-state index is -3.68. The van der Waals surface area contributed by atoms with Crippen molar-refractivity contribution < 1.29 is 12.8 Å². The molecule has 2 N–H and O–H groups in total. The number of sulfonamides is 1. The molecule has 27 heavy (non-hydrogen) atoms. The van der Waals surface area contributed by atoms with E-state index in [4.69, 9.17) is 0 Å². The molecule has 0 fully saturated rings. The lowest BCUT2D eigenvalue weighted by Crippen LogP contribution is -2.30. The first-order valence-electron chi connectivity index (χ1n) is 8.56. The van der Waals surface area contributed by atoms with Crippen LogP contribution in [0, 0.1) is 5.82 Å². The average molecular weight is 391 g/mol. The van der Waals surface area contributed by atoms with Crippen LogP contribution in [0.25, 0.3) is 11.0 Å². The minimum Gasteiger partial charge on any atom is -0.305 e. The molecule has 0 saturated carbocycles. The summed E-state index contributed by atoms with van der Waals surface area (Å²) in [6.45, 7) is 6.33. The second kappa shape index (κ2) is 6.94. The van der Waals surface area contributed by atoms with Gasteiger partial charge in [0.1, 0.15) is 5.82 Å². The SMILES string of the molecule is CC(C)(C)c1ccc(S(=O)(=O)NCCn2c(=O)[nH]c3cc(F)ccc32)cc1. The van der Waals surface area contributed by atoms with Crippen molar-refractivity contribution in [3.8, 4) is 0 Å². The third-order valence-corrected chi connectivity index (χ3v) is 5.87. The highest BCUT2D eigenvalue weighted by Gasteiger charge is 2.17. The largest absolute Gasteiger partial charge is 0.326 e. The normalized spacial score (nSPS) is 12.6. The van der Waals surface area contributed by atoms with Crippen LogP contribution in [0.4, 0.5) is 4.39 Å². The van der Waals surface area contributed by atoms with Gasteiger partial charge in [0.15, 0.2) is 0 Å². The van der Waals surface area contributed by atoms with Gasteiger partial charge in [0.25, 0.3) is 0 Å². The van der Waals surface area contributed by atoms with E-state index in [0.29, 0.717) is 11.0 Å². The third-order valence-electron chi connectivity index (χ3n) is 4.39. The first-order chi connectivity index (χ1) is 12.6. The number of imidazole rings is 1. The van der Waals surface area contributed by atoms with Gasteiger partial charge < -0.3 is 4.98 Å². The molecule has 0 atom stereocenters. The topological polar surface area (TPSA) is 84.0 Å². The molecule has 6 nitrogen and oxygen atoms in total. The molecule has 0 spiro atoms. The van der Waals surface area contributed by atoms with Crippen molar-refractivity contribution in [3.05, 3.63) is 64.3 Å². The van der Waals surface area contributed by atoms with E-state index in [1.165, 1.54) is 22.8 Å². The van der Waals surface area contributed by atoms with Crippen molar-refractivity contribution in [2.75, 3.05) is 6.54 Å². The Bertz CT molecular complexity index is 1120. The predicted molar refractivity (Wildman–Crippen MR) is 103 cm³/mol. The fraction of sp³-hybridized carbons (Fsp3) is 0.316. The number of nitrogens with one attached hydrogen (secondary N) is 2. The van der Waals surface area contributed by atoms with Gasteiger partial charge in [0.2, 0.25) is 10.0 Å². The monoisotopic (exact) mass is 391 g/mol. The summed E-state index contributed by atoms with van der Waals surface area (Å²) >= 11 is 0. The number of hydrogen-bond acceptors (Lipinski definition) is 3. The van der Waals surface area contributed by atoms with E-state index < -0.39 is 21.5 Å².